The number of anilines is 1. The summed E-state index contributed by atoms with van der Waals surface area (Å²) in [7, 11) is 0. The molecule has 3 amide bonds. The quantitative estimate of drug-likeness (QED) is 0.624. The van der Waals surface area contributed by atoms with Gasteiger partial charge in [0.1, 0.15) is 0 Å². The molecule has 4 rings (SSSR count). The van der Waals surface area contributed by atoms with Gasteiger partial charge in [-0.3, -0.25) is 14.9 Å². The second-order valence-corrected chi connectivity index (χ2v) is 9.48. The second kappa shape index (κ2) is 9.78. The van der Waals surface area contributed by atoms with Crippen molar-refractivity contribution in [2.45, 2.75) is 57.5 Å². The van der Waals surface area contributed by atoms with E-state index in [2.05, 4.69) is 15.6 Å². The number of hydrogen-bond acceptors (Lipinski definition) is 5. The molecule has 1 saturated carbocycles. The van der Waals surface area contributed by atoms with E-state index in [9.17, 15) is 14.4 Å². The molecule has 0 radical (unpaired) electrons. The van der Waals surface area contributed by atoms with Crippen molar-refractivity contribution in [3.8, 4) is 0 Å². The molecular weight excluding hydrogens is 436 g/mol. The van der Waals surface area contributed by atoms with E-state index >= 15 is 0 Å². The number of amides is 3. The molecule has 0 spiro atoms. The fourth-order valence-corrected chi connectivity index (χ4v) is 5.15. The fraction of sp³-hybridized carbons (Fsp3) is 0.455. The highest BCUT2D eigenvalue weighted by Crippen LogP contribution is 2.29. The summed E-state index contributed by atoms with van der Waals surface area (Å²) < 4.78 is 0. The number of carbonyl (C=O) groups excluding carboxylic acids is 3. The molecule has 9 heteroatoms. The number of thiazole rings is 1. The first-order chi connectivity index (χ1) is 15.0. The van der Waals surface area contributed by atoms with Crippen LogP contribution in [0.2, 0.25) is 5.02 Å². The van der Waals surface area contributed by atoms with Crippen molar-refractivity contribution in [3.63, 3.8) is 0 Å². The molecule has 2 aromatic rings. The number of halogens is 1. The summed E-state index contributed by atoms with van der Waals surface area (Å²) in [6.45, 7) is 1.03. The molecule has 7 nitrogen and oxygen atoms in total. The lowest BCUT2D eigenvalue weighted by atomic mass is 10.1. The largest absolute Gasteiger partial charge is 0.337 e. The van der Waals surface area contributed by atoms with E-state index < -0.39 is 0 Å². The Morgan fingerprint density at radius 1 is 1.13 bits per heavy atom. The Bertz CT molecular complexity index is 970. The van der Waals surface area contributed by atoms with Crippen molar-refractivity contribution < 1.29 is 14.4 Å². The number of nitrogens with zero attached hydrogens (tertiary/aromatic N) is 2. The summed E-state index contributed by atoms with van der Waals surface area (Å²) >= 11 is 7.26. The van der Waals surface area contributed by atoms with Crippen LogP contribution in [0.15, 0.2) is 24.3 Å². The van der Waals surface area contributed by atoms with Crippen LogP contribution >= 0.6 is 22.9 Å². The molecule has 2 N–H and O–H groups in total. The predicted molar refractivity (Wildman–Crippen MR) is 121 cm³/mol. The Hall–Kier alpha value is -2.45. The summed E-state index contributed by atoms with van der Waals surface area (Å²) in [6.07, 6.45) is 5.36. The minimum Gasteiger partial charge on any atom is -0.337 e. The molecule has 1 aliphatic carbocycles. The van der Waals surface area contributed by atoms with Crippen LogP contribution in [0.3, 0.4) is 0 Å². The van der Waals surface area contributed by atoms with Crippen molar-refractivity contribution >= 4 is 45.8 Å². The molecule has 2 aliphatic rings. The van der Waals surface area contributed by atoms with Gasteiger partial charge in [-0.1, -0.05) is 35.8 Å². The van der Waals surface area contributed by atoms with E-state index in [1.165, 1.54) is 11.3 Å². The number of Topliss-reactive ketones (excluding diaryl/α,β-unsaturated/α-hetero) is 1. The zero-order valence-electron chi connectivity index (χ0n) is 17.2. The van der Waals surface area contributed by atoms with Gasteiger partial charge in [-0.25, -0.2) is 9.78 Å². The van der Waals surface area contributed by atoms with Gasteiger partial charge in [0.05, 0.1) is 12.2 Å². The van der Waals surface area contributed by atoms with E-state index in [0.717, 1.165) is 36.3 Å². The summed E-state index contributed by atoms with van der Waals surface area (Å²) in [5.74, 6) is -0.116. The maximum atomic E-state index is 12.6. The van der Waals surface area contributed by atoms with Crippen molar-refractivity contribution in [2.24, 2.45) is 0 Å². The Labute approximate surface area is 190 Å². The maximum absolute atomic E-state index is 12.6. The number of nitrogens with one attached hydrogen (secondary N) is 2. The number of aromatic nitrogens is 1. The fourth-order valence-electron chi connectivity index (χ4n) is 4.01. The minimum absolute atomic E-state index is 0.0464. The highest BCUT2D eigenvalue weighted by molar-refractivity contribution is 7.15. The molecule has 1 aliphatic heterocycles. The van der Waals surface area contributed by atoms with E-state index in [-0.39, 0.29) is 36.6 Å². The molecule has 0 bridgehead atoms. The molecule has 0 atom stereocenters. The van der Waals surface area contributed by atoms with Crippen LogP contribution in [0.4, 0.5) is 9.93 Å². The minimum atomic E-state index is -0.216. The second-order valence-electron chi connectivity index (χ2n) is 7.96. The lowest BCUT2D eigenvalue weighted by Gasteiger charge is -2.26. The standard InChI is InChI=1S/C22H25ClN4O3S/c23-15-7-5-14(6-8-15)18(28)9-10-20(29)27-12-11-17-19(13-27)31-22(25-17)26-21(30)24-16-3-1-2-4-16/h5-8,16H,1-4,9-13H2,(H2,24,25,26,30). The van der Waals surface area contributed by atoms with Gasteiger partial charge in [0, 0.05) is 47.3 Å². The highest BCUT2D eigenvalue weighted by Gasteiger charge is 2.25. The first-order valence-corrected chi connectivity index (χ1v) is 11.8. The molecule has 1 aromatic carbocycles. The summed E-state index contributed by atoms with van der Waals surface area (Å²) in [4.78, 5) is 44.4. The topological polar surface area (TPSA) is 91.4 Å². The van der Waals surface area contributed by atoms with Gasteiger partial charge in [0.25, 0.3) is 0 Å². The van der Waals surface area contributed by atoms with Crippen molar-refractivity contribution in [1.29, 1.82) is 0 Å². The zero-order chi connectivity index (χ0) is 21.8. The van der Waals surface area contributed by atoms with Crippen LogP contribution in [-0.2, 0) is 17.8 Å². The smallest absolute Gasteiger partial charge is 0.321 e. The highest BCUT2D eigenvalue weighted by atomic mass is 35.5. The van der Waals surface area contributed by atoms with Gasteiger partial charge in [-0.05, 0) is 37.1 Å². The van der Waals surface area contributed by atoms with E-state index in [1.807, 2.05) is 0 Å². The normalized spacial score (nSPS) is 16.1. The monoisotopic (exact) mass is 460 g/mol. The molecule has 1 fully saturated rings. The van der Waals surface area contributed by atoms with Gasteiger partial charge >= 0.3 is 6.03 Å². The predicted octanol–water partition coefficient (Wildman–Crippen LogP) is 4.41. The van der Waals surface area contributed by atoms with E-state index in [1.54, 1.807) is 29.2 Å². The Kier molecular flexibility index (Phi) is 6.87. The average molecular weight is 461 g/mol. The third-order valence-corrected chi connectivity index (χ3v) is 6.98. The molecule has 0 unspecified atom stereocenters. The SMILES string of the molecule is O=C(Nc1nc2c(s1)CN(C(=O)CCC(=O)c1ccc(Cl)cc1)CC2)NC1CCCC1. The Morgan fingerprint density at radius 2 is 1.87 bits per heavy atom. The van der Waals surface area contributed by atoms with E-state index in [4.69, 9.17) is 11.6 Å². The molecule has 1 aromatic heterocycles. The first kappa shape index (κ1) is 21.8. The molecule has 164 valence electrons. The summed E-state index contributed by atoms with van der Waals surface area (Å²) in [5, 5.41) is 6.96. The van der Waals surface area contributed by atoms with E-state index in [0.29, 0.717) is 35.2 Å². The van der Waals surface area contributed by atoms with Crippen LogP contribution in [0, 0.1) is 0 Å². The molecule has 2 heterocycles. The number of urea groups is 1. The average Bonchev–Trinajstić information content (AvgIpc) is 3.40. The zero-order valence-corrected chi connectivity index (χ0v) is 18.7. The van der Waals surface area contributed by atoms with Crippen LogP contribution in [-0.4, -0.2) is 40.2 Å². The number of rotatable bonds is 6. The number of ketones is 1. The lowest BCUT2D eigenvalue weighted by Crippen LogP contribution is -2.36. The number of carbonyl (C=O) groups is 3. The summed E-state index contributed by atoms with van der Waals surface area (Å²) in [6, 6.07) is 6.73. The van der Waals surface area contributed by atoms with Crippen molar-refractivity contribution in [3.05, 3.63) is 45.4 Å². The maximum Gasteiger partial charge on any atom is 0.321 e. The van der Waals surface area contributed by atoms with Gasteiger partial charge in [0.15, 0.2) is 10.9 Å². The van der Waals surface area contributed by atoms with Crippen LogP contribution < -0.4 is 10.6 Å². The summed E-state index contributed by atoms with van der Waals surface area (Å²) in [5.41, 5.74) is 1.50. The third-order valence-electron chi connectivity index (χ3n) is 5.73. The van der Waals surface area contributed by atoms with Crippen LogP contribution in [0.25, 0.3) is 0 Å². The van der Waals surface area contributed by atoms with Gasteiger partial charge in [-0.2, -0.15) is 0 Å². The molecular formula is C22H25ClN4O3S. The van der Waals surface area contributed by atoms with Crippen LogP contribution in [0.5, 0.6) is 0 Å². The van der Waals surface area contributed by atoms with Gasteiger partial charge in [-0.15, -0.1) is 0 Å². The van der Waals surface area contributed by atoms with Crippen molar-refractivity contribution in [2.75, 3.05) is 11.9 Å². The Morgan fingerprint density at radius 3 is 2.61 bits per heavy atom. The number of hydrogen-bond donors (Lipinski definition) is 2. The lowest BCUT2D eigenvalue weighted by molar-refractivity contribution is -0.132. The number of benzene rings is 1. The van der Waals surface area contributed by atoms with Gasteiger partial charge < -0.3 is 10.2 Å². The molecule has 31 heavy (non-hydrogen) atoms. The first-order valence-electron chi connectivity index (χ1n) is 10.6. The third kappa shape index (κ3) is 5.62. The van der Waals surface area contributed by atoms with Gasteiger partial charge in [0.2, 0.25) is 5.91 Å². The van der Waals surface area contributed by atoms with Crippen molar-refractivity contribution in [1.82, 2.24) is 15.2 Å². The Balaban J connectivity index is 1.28. The number of fused-ring (bicyclic) bond motifs is 1. The van der Waals surface area contributed by atoms with Crippen LogP contribution in [0.1, 0.15) is 59.5 Å². The molecule has 0 saturated heterocycles.